The molecule has 0 aromatic heterocycles. The van der Waals surface area contributed by atoms with E-state index in [1.54, 1.807) is 27.9 Å². The number of methoxy groups -OCH3 is 1. The number of esters is 1. The van der Waals surface area contributed by atoms with Gasteiger partial charge in [0.1, 0.15) is 18.1 Å². The monoisotopic (exact) mass is 260 g/mol. The first kappa shape index (κ1) is 13.7. The third kappa shape index (κ3) is 2.51. The number of carbonyl (C=O) groups is 1. The van der Waals surface area contributed by atoms with Crippen LogP contribution in [0.2, 0.25) is 0 Å². The molecule has 0 saturated carbocycles. The van der Waals surface area contributed by atoms with Crippen molar-refractivity contribution in [1.29, 1.82) is 0 Å². The highest BCUT2D eigenvalue weighted by Gasteiger charge is 2.54. The highest BCUT2D eigenvalue weighted by atomic mass is 16.8. The zero-order valence-electron chi connectivity index (χ0n) is 11.2. The smallest absolute Gasteiger partial charge is 0.314 e. The Hall–Kier alpha value is -0.690. The predicted octanol–water partition coefficient (Wildman–Crippen LogP) is 0.688. The van der Waals surface area contributed by atoms with Crippen LogP contribution in [-0.2, 0) is 28.5 Å². The van der Waals surface area contributed by atoms with Crippen LogP contribution >= 0.6 is 0 Å². The first-order chi connectivity index (χ1) is 8.48. The average molecular weight is 260 g/mol. The summed E-state index contributed by atoms with van der Waals surface area (Å²) in [6.07, 6.45) is -1.31. The first-order valence-electron chi connectivity index (χ1n) is 6.15. The Balaban J connectivity index is 2.14. The molecule has 18 heavy (non-hydrogen) atoms. The Morgan fingerprint density at radius 2 is 2.00 bits per heavy atom. The second-order valence-electron chi connectivity index (χ2n) is 4.86. The molecule has 2 saturated heterocycles. The van der Waals surface area contributed by atoms with E-state index < -0.39 is 30.2 Å². The molecule has 0 aromatic carbocycles. The Kier molecular flexibility index (Phi) is 3.91. The molecule has 0 spiro atoms. The maximum atomic E-state index is 11.9. The lowest BCUT2D eigenvalue weighted by Gasteiger charge is -2.34. The van der Waals surface area contributed by atoms with Crippen molar-refractivity contribution in [3.05, 3.63) is 0 Å². The maximum absolute atomic E-state index is 11.9. The Labute approximate surface area is 106 Å². The van der Waals surface area contributed by atoms with Crippen molar-refractivity contribution >= 4 is 5.97 Å². The van der Waals surface area contributed by atoms with Gasteiger partial charge in [0.15, 0.2) is 12.1 Å². The molecule has 0 bridgehead atoms. The maximum Gasteiger partial charge on any atom is 0.314 e. The van der Waals surface area contributed by atoms with E-state index in [1.807, 2.05) is 0 Å². The third-order valence-electron chi connectivity index (χ3n) is 3.09. The number of hydrogen-bond acceptors (Lipinski definition) is 6. The normalized spacial score (nSPS) is 38.2. The van der Waals surface area contributed by atoms with Crippen molar-refractivity contribution in [1.82, 2.24) is 0 Å². The molecule has 0 aliphatic carbocycles. The van der Waals surface area contributed by atoms with E-state index in [0.29, 0.717) is 6.61 Å². The largest absolute Gasteiger partial charge is 0.466 e. The molecule has 6 nitrogen and oxygen atoms in total. The second kappa shape index (κ2) is 5.13. The topological polar surface area (TPSA) is 63.2 Å². The number of hydrogen-bond donors (Lipinski definition) is 0. The van der Waals surface area contributed by atoms with Gasteiger partial charge in [-0.05, 0) is 20.8 Å². The molecular formula is C12H20O6. The van der Waals surface area contributed by atoms with Crippen molar-refractivity contribution in [2.75, 3.05) is 20.3 Å². The minimum absolute atomic E-state index is 0.220. The Bertz CT molecular complexity index is 316. The van der Waals surface area contributed by atoms with Crippen LogP contribution in [0, 0.1) is 5.92 Å². The van der Waals surface area contributed by atoms with Gasteiger partial charge in [-0.3, -0.25) is 4.79 Å². The lowest BCUT2D eigenvalue weighted by Crippen LogP contribution is -2.51. The second-order valence-corrected chi connectivity index (χ2v) is 4.86. The highest BCUT2D eigenvalue weighted by molar-refractivity contribution is 5.73. The SMILES string of the molecule is CCOC(=O)[C@@H]1COC(OC)C2OC(C)(C)OC21. The standard InChI is InChI=1S/C12H20O6/c1-5-15-10(13)7-6-16-11(14-4)9-8(7)17-12(2,3)18-9/h7-9,11H,5-6H2,1-4H3/t7-,8?,9?,11?/m1/s1. The van der Waals surface area contributed by atoms with Gasteiger partial charge < -0.3 is 23.7 Å². The fraction of sp³-hybridized carbons (Fsp3) is 0.917. The molecule has 0 radical (unpaired) electrons. The quantitative estimate of drug-likeness (QED) is 0.696. The van der Waals surface area contributed by atoms with Gasteiger partial charge in [0.2, 0.25) is 0 Å². The number of fused-ring (bicyclic) bond motifs is 1. The summed E-state index contributed by atoms with van der Waals surface area (Å²) in [6, 6.07) is 0. The molecule has 2 aliphatic heterocycles. The molecule has 2 heterocycles. The molecule has 2 fully saturated rings. The van der Waals surface area contributed by atoms with Crippen LogP contribution in [0.15, 0.2) is 0 Å². The summed E-state index contributed by atoms with van der Waals surface area (Å²) in [6.45, 7) is 5.94. The predicted molar refractivity (Wildman–Crippen MR) is 60.7 cm³/mol. The first-order valence-corrected chi connectivity index (χ1v) is 6.15. The van der Waals surface area contributed by atoms with Crippen LogP contribution in [0.5, 0.6) is 0 Å². The van der Waals surface area contributed by atoms with Gasteiger partial charge in [0, 0.05) is 7.11 Å². The summed E-state index contributed by atoms with van der Waals surface area (Å²) in [5.41, 5.74) is 0. The van der Waals surface area contributed by atoms with Gasteiger partial charge in [-0.2, -0.15) is 0 Å². The number of carbonyl (C=O) groups excluding carboxylic acids is 1. The van der Waals surface area contributed by atoms with Crippen LogP contribution in [0.4, 0.5) is 0 Å². The van der Waals surface area contributed by atoms with E-state index in [0.717, 1.165) is 0 Å². The van der Waals surface area contributed by atoms with Gasteiger partial charge in [0.05, 0.1) is 13.2 Å². The van der Waals surface area contributed by atoms with Crippen LogP contribution in [0.25, 0.3) is 0 Å². The number of ether oxygens (including phenoxy) is 5. The third-order valence-corrected chi connectivity index (χ3v) is 3.09. The lowest BCUT2D eigenvalue weighted by atomic mass is 9.96. The molecule has 2 aliphatic rings. The molecule has 0 N–H and O–H groups in total. The molecular weight excluding hydrogens is 240 g/mol. The molecule has 4 atom stereocenters. The van der Waals surface area contributed by atoms with E-state index >= 15 is 0 Å². The van der Waals surface area contributed by atoms with Gasteiger partial charge in [-0.1, -0.05) is 0 Å². The minimum atomic E-state index is -0.745. The van der Waals surface area contributed by atoms with Crippen LogP contribution in [0.1, 0.15) is 20.8 Å². The molecule has 0 amide bonds. The van der Waals surface area contributed by atoms with E-state index in [2.05, 4.69) is 0 Å². The molecule has 104 valence electrons. The summed E-state index contributed by atoms with van der Waals surface area (Å²) in [7, 11) is 1.54. The van der Waals surface area contributed by atoms with Crippen molar-refractivity contribution < 1.29 is 28.5 Å². The number of rotatable bonds is 3. The Morgan fingerprint density at radius 1 is 1.33 bits per heavy atom. The van der Waals surface area contributed by atoms with Crippen molar-refractivity contribution in [2.24, 2.45) is 5.92 Å². The van der Waals surface area contributed by atoms with E-state index in [1.165, 1.54) is 0 Å². The lowest BCUT2D eigenvalue weighted by molar-refractivity contribution is -0.231. The van der Waals surface area contributed by atoms with E-state index in [-0.39, 0.29) is 12.6 Å². The molecule has 2 rings (SSSR count). The molecule has 0 aromatic rings. The highest BCUT2D eigenvalue weighted by Crippen LogP contribution is 2.38. The molecule has 3 unspecified atom stereocenters. The fourth-order valence-electron chi connectivity index (χ4n) is 2.38. The van der Waals surface area contributed by atoms with Crippen LogP contribution in [-0.4, -0.2) is 50.6 Å². The van der Waals surface area contributed by atoms with Crippen molar-refractivity contribution in [3.8, 4) is 0 Å². The van der Waals surface area contributed by atoms with Crippen molar-refractivity contribution in [3.63, 3.8) is 0 Å². The van der Waals surface area contributed by atoms with Gasteiger partial charge >= 0.3 is 5.97 Å². The fourth-order valence-corrected chi connectivity index (χ4v) is 2.38. The van der Waals surface area contributed by atoms with Gasteiger partial charge in [-0.15, -0.1) is 0 Å². The van der Waals surface area contributed by atoms with Crippen LogP contribution in [0.3, 0.4) is 0 Å². The summed E-state index contributed by atoms with van der Waals surface area (Å²) >= 11 is 0. The summed E-state index contributed by atoms with van der Waals surface area (Å²) in [4.78, 5) is 11.9. The van der Waals surface area contributed by atoms with Crippen LogP contribution < -0.4 is 0 Å². The average Bonchev–Trinajstić information content (AvgIpc) is 2.62. The zero-order chi connectivity index (χ0) is 13.3. The minimum Gasteiger partial charge on any atom is -0.466 e. The summed E-state index contributed by atoms with van der Waals surface area (Å²) < 4.78 is 27.2. The summed E-state index contributed by atoms with van der Waals surface area (Å²) in [5, 5.41) is 0. The van der Waals surface area contributed by atoms with E-state index in [9.17, 15) is 4.79 Å². The van der Waals surface area contributed by atoms with Gasteiger partial charge in [0.25, 0.3) is 0 Å². The van der Waals surface area contributed by atoms with E-state index in [4.69, 9.17) is 23.7 Å². The van der Waals surface area contributed by atoms with Gasteiger partial charge in [-0.25, -0.2) is 0 Å². The molecule has 6 heteroatoms. The zero-order valence-corrected chi connectivity index (χ0v) is 11.2. The summed E-state index contributed by atoms with van der Waals surface area (Å²) in [5.74, 6) is -1.53. The Morgan fingerprint density at radius 3 is 2.61 bits per heavy atom. The van der Waals surface area contributed by atoms with Crippen molar-refractivity contribution in [2.45, 2.75) is 45.1 Å².